The molecule has 0 spiro atoms. The van der Waals surface area contributed by atoms with Crippen molar-refractivity contribution in [2.45, 2.75) is 38.5 Å². The van der Waals surface area contributed by atoms with E-state index < -0.39 is 22.6 Å². The first-order valence-corrected chi connectivity index (χ1v) is 9.82. The lowest BCUT2D eigenvalue weighted by Gasteiger charge is -2.17. The minimum atomic E-state index is -3.66. The highest BCUT2D eigenvalue weighted by Crippen LogP contribution is 2.18. The summed E-state index contributed by atoms with van der Waals surface area (Å²) >= 11 is 0. The maximum atomic E-state index is 12.5. The molecule has 1 N–H and O–H groups in total. The maximum absolute atomic E-state index is 12.5. The Hall–Kier alpha value is -1.87. The third kappa shape index (κ3) is 5.57. The number of nitrogens with one attached hydrogen (secondary N) is 1. The highest BCUT2D eigenvalue weighted by atomic mass is 32.2. The van der Waals surface area contributed by atoms with Crippen LogP contribution in [0.1, 0.15) is 44.1 Å². The predicted molar refractivity (Wildman–Crippen MR) is 93.7 cm³/mol. The van der Waals surface area contributed by atoms with E-state index in [1.54, 1.807) is 20.9 Å². The van der Waals surface area contributed by atoms with Crippen LogP contribution >= 0.6 is 0 Å². The molecule has 0 aromatic carbocycles. The third-order valence-corrected chi connectivity index (χ3v) is 5.73. The molecule has 1 heterocycles. The average molecular weight is 373 g/mol. The largest absolute Gasteiger partial charge is 0.451 e. The highest BCUT2D eigenvalue weighted by Gasteiger charge is 2.26. The van der Waals surface area contributed by atoms with Crippen LogP contribution < -0.4 is 5.32 Å². The predicted octanol–water partition coefficient (Wildman–Crippen LogP) is 1.13. The first kappa shape index (κ1) is 21.2. The molecule has 0 atom stereocenters. The van der Waals surface area contributed by atoms with Crippen LogP contribution in [-0.2, 0) is 26.6 Å². The fraction of sp³-hybridized carbons (Fsp3) is 0.625. The van der Waals surface area contributed by atoms with Crippen LogP contribution in [0.15, 0.2) is 17.2 Å². The number of esters is 1. The molecule has 0 saturated carbocycles. The Labute approximate surface area is 149 Å². The van der Waals surface area contributed by atoms with Crippen LogP contribution in [0, 0.1) is 0 Å². The molecule has 0 fully saturated rings. The van der Waals surface area contributed by atoms with Crippen LogP contribution in [0.25, 0.3) is 0 Å². The summed E-state index contributed by atoms with van der Waals surface area (Å²) in [5, 5.41) is 2.64. The van der Waals surface area contributed by atoms with Crippen molar-refractivity contribution in [1.82, 2.24) is 14.2 Å². The second kappa shape index (κ2) is 9.57. The van der Waals surface area contributed by atoms with Crippen molar-refractivity contribution in [1.29, 1.82) is 0 Å². The first-order valence-electron chi connectivity index (χ1n) is 8.38. The quantitative estimate of drug-likeness (QED) is 0.490. The number of amides is 1. The van der Waals surface area contributed by atoms with Crippen molar-refractivity contribution in [2.24, 2.45) is 7.05 Å². The molecule has 0 aliphatic rings. The smallest absolute Gasteiger partial charge is 0.355 e. The number of rotatable bonds is 10. The Morgan fingerprint density at radius 2 is 1.88 bits per heavy atom. The molecular formula is C16H27N3O5S. The van der Waals surface area contributed by atoms with Crippen molar-refractivity contribution in [2.75, 3.05) is 26.2 Å². The maximum Gasteiger partial charge on any atom is 0.355 e. The summed E-state index contributed by atoms with van der Waals surface area (Å²) in [5.74, 6) is -1.12. The summed E-state index contributed by atoms with van der Waals surface area (Å²) in [4.78, 5) is 23.7. The van der Waals surface area contributed by atoms with E-state index in [2.05, 4.69) is 5.32 Å². The van der Waals surface area contributed by atoms with Crippen LogP contribution in [0.2, 0.25) is 0 Å². The zero-order valence-electron chi connectivity index (χ0n) is 15.2. The van der Waals surface area contributed by atoms with E-state index in [4.69, 9.17) is 4.74 Å². The zero-order chi connectivity index (χ0) is 19.0. The van der Waals surface area contributed by atoms with Gasteiger partial charge in [-0.25, -0.2) is 13.2 Å². The van der Waals surface area contributed by atoms with Gasteiger partial charge in [0.1, 0.15) is 10.6 Å². The number of carbonyl (C=O) groups excluding carboxylic acids is 2. The van der Waals surface area contributed by atoms with Gasteiger partial charge in [0.2, 0.25) is 10.0 Å². The fourth-order valence-corrected chi connectivity index (χ4v) is 3.78. The highest BCUT2D eigenvalue weighted by molar-refractivity contribution is 7.89. The van der Waals surface area contributed by atoms with Crippen LogP contribution in [0.5, 0.6) is 0 Å². The molecule has 0 radical (unpaired) electrons. The van der Waals surface area contributed by atoms with Crippen LogP contribution in [0.4, 0.5) is 0 Å². The van der Waals surface area contributed by atoms with Crippen molar-refractivity contribution in [3.05, 3.63) is 18.0 Å². The molecule has 25 heavy (non-hydrogen) atoms. The summed E-state index contributed by atoms with van der Waals surface area (Å²) in [6.07, 6.45) is 3.17. The van der Waals surface area contributed by atoms with Crippen LogP contribution in [0.3, 0.4) is 0 Å². The molecule has 1 rings (SSSR count). The SMILES string of the molecule is CCCCNC(=O)COC(=O)c1cc(S(=O)(=O)N(CC)CC)cn1C. The lowest BCUT2D eigenvalue weighted by Crippen LogP contribution is -2.30. The topological polar surface area (TPSA) is 97.7 Å². The molecule has 0 saturated heterocycles. The molecule has 1 amide bonds. The summed E-state index contributed by atoms with van der Waals surface area (Å²) < 4.78 is 32.6. The second-order valence-electron chi connectivity index (χ2n) is 5.54. The van der Waals surface area contributed by atoms with E-state index >= 15 is 0 Å². The Balaban J connectivity index is 2.79. The number of hydrogen-bond donors (Lipinski definition) is 1. The average Bonchev–Trinajstić information content (AvgIpc) is 2.96. The minimum absolute atomic E-state index is 0.0260. The summed E-state index contributed by atoms with van der Waals surface area (Å²) in [6.45, 7) is 6.31. The van der Waals surface area contributed by atoms with Crippen LogP contribution in [-0.4, -0.2) is 55.4 Å². The Morgan fingerprint density at radius 3 is 2.44 bits per heavy atom. The van der Waals surface area contributed by atoms with E-state index in [0.717, 1.165) is 12.8 Å². The minimum Gasteiger partial charge on any atom is -0.451 e. The van der Waals surface area contributed by atoms with E-state index in [1.165, 1.54) is 21.1 Å². The number of aryl methyl sites for hydroxylation is 1. The lowest BCUT2D eigenvalue weighted by atomic mass is 10.3. The molecule has 1 aromatic rings. The number of ether oxygens (including phenoxy) is 1. The molecule has 0 unspecified atom stereocenters. The standard InChI is InChI=1S/C16H27N3O5S/c1-5-8-9-17-15(20)12-24-16(21)14-10-13(11-18(14)4)25(22,23)19(6-2)7-3/h10-11H,5-9,12H2,1-4H3,(H,17,20). The number of hydrogen-bond acceptors (Lipinski definition) is 5. The van der Waals surface area contributed by atoms with Gasteiger partial charge in [0, 0.05) is 32.9 Å². The first-order chi connectivity index (χ1) is 11.8. The molecule has 8 nitrogen and oxygen atoms in total. The van der Waals surface area contributed by atoms with Gasteiger partial charge >= 0.3 is 5.97 Å². The Kier molecular flexibility index (Phi) is 8.11. The van der Waals surface area contributed by atoms with E-state index in [0.29, 0.717) is 19.6 Å². The van der Waals surface area contributed by atoms with E-state index in [1.807, 2.05) is 6.92 Å². The number of sulfonamides is 1. The summed E-state index contributed by atoms with van der Waals surface area (Å²) in [7, 11) is -2.10. The number of aromatic nitrogens is 1. The normalized spacial score (nSPS) is 11.6. The van der Waals surface area contributed by atoms with Crippen molar-refractivity contribution >= 4 is 21.9 Å². The van der Waals surface area contributed by atoms with Gasteiger partial charge in [-0.1, -0.05) is 27.2 Å². The molecule has 0 aliphatic carbocycles. The lowest BCUT2D eigenvalue weighted by molar-refractivity contribution is -0.124. The molecule has 142 valence electrons. The number of unbranched alkanes of at least 4 members (excludes halogenated alkanes) is 1. The van der Waals surface area contributed by atoms with Gasteiger partial charge in [-0.15, -0.1) is 0 Å². The van der Waals surface area contributed by atoms with Gasteiger partial charge in [-0.05, 0) is 12.5 Å². The number of carbonyl (C=O) groups is 2. The van der Waals surface area contributed by atoms with Gasteiger partial charge in [-0.3, -0.25) is 4.79 Å². The van der Waals surface area contributed by atoms with Gasteiger partial charge in [-0.2, -0.15) is 4.31 Å². The van der Waals surface area contributed by atoms with Crippen molar-refractivity contribution < 1.29 is 22.7 Å². The number of nitrogens with zero attached hydrogens (tertiary/aromatic N) is 2. The van der Waals surface area contributed by atoms with Gasteiger partial charge in [0.25, 0.3) is 5.91 Å². The monoisotopic (exact) mass is 373 g/mol. The second-order valence-corrected chi connectivity index (χ2v) is 7.48. The molecule has 1 aromatic heterocycles. The Bertz CT molecular complexity index is 693. The Morgan fingerprint density at radius 1 is 1.24 bits per heavy atom. The van der Waals surface area contributed by atoms with Crippen molar-refractivity contribution in [3.8, 4) is 0 Å². The van der Waals surface area contributed by atoms with Gasteiger partial charge in [0.05, 0.1) is 0 Å². The summed E-state index contributed by atoms with van der Waals surface area (Å²) in [5.41, 5.74) is 0.0760. The van der Waals surface area contributed by atoms with Crippen molar-refractivity contribution in [3.63, 3.8) is 0 Å². The fourth-order valence-electron chi connectivity index (χ4n) is 2.25. The van der Waals surface area contributed by atoms with E-state index in [9.17, 15) is 18.0 Å². The zero-order valence-corrected chi connectivity index (χ0v) is 16.1. The van der Waals surface area contributed by atoms with Gasteiger partial charge < -0.3 is 14.6 Å². The summed E-state index contributed by atoms with van der Waals surface area (Å²) in [6, 6.07) is 1.27. The molecule has 0 aliphatic heterocycles. The third-order valence-electron chi connectivity index (χ3n) is 3.72. The molecule has 9 heteroatoms. The van der Waals surface area contributed by atoms with E-state index in [-0.39, 0.29) is 16.5 Å². The van der Waals surface area contributed by atoms with Gasteiger partial charge in [0.15, 0.2) is 6.61 Å². The molecule has 0 bridgehead atoms. The molecular weight excluding hydrogens is 346 g/mol.